The second-order valence-electron chi connectivity index (χ2n) is 4.10. The molecule has 0 aromatic heterocycles. The number of carbonyl (C=O) groups excluding carboxylic acids is 1. The summed E-state index contributed by atoms with van der Waals surface area (Å²) in [5, 5.41) is 11.4. The predicted molar refractivity (Wildman–Crippen MR) is 69.2 cm³/mol. The fraction of sp³-hybridized carbons (Fsp3) is 0.385. The van der Waals surface area contributed by atoms with Gasteiger partial charge in [0.1, 0.15) is 0 Å². The summed E-state index contributed by atoms with van der Waals surface area (Å²) in [6.07, 6.45) is 0.675. The highest BCUT2D eigenvalue weighted by Gasteiger charge is 2.14. The van der Waals surface area contributed by atoms with Crippen LogP contribution >= 0.6 is 0 Å². The number of hydrogen-bond donors (Lipinski definition) is 3. The van der Waals surface area contributed by atoms with E-state index >= 15 is 0 Å². The molecule has 0 aliphatic carbocycles. The largest absolute Gasteiger partial charge is 0.481 e. The molecular formula is C13H18N2O3. The van der Waals surface area contributed by atoms with Crippen LogP contribution in [0.1, 0.15) is 18.9 Å². The minimum atomic E-state index is -0.874. The van der Waals surface area contributed by atoms with Crippen LogP contribution in [-0.2, 0) is 16.0 Å². The number of carbonyl (C=O) groups is 2. The maximum absolute atomic E-state index is 11.8. The molecule has 1 aromatic carbocycles. The van der Waals surface area contributed by atoms with Crippen molar-refractivity contribution in [2.75, 3.05) is 11.9 Å². The first kappa shape index (κ1) is 14.2. The highest BCUT2D eigenvalue weighted by atomic mass is 16.4. The molecule has 0 aliphatic rings. The zero-order chi connectivity index (χ0) is 13.5. The number of benzene rings is 1. The number of nitrogens with one attached hydrogen (secondary N) is 1. The van der Waals surface area contributed by atoms with Crippen LogP contribution in [0, 0.1) is 5.92 Å². The summed E-state index contributed by atoms with van der Waals surface area (Å²) < 4.78 is 0. The third kappa shape index (κ3) is 4.18. The van der Waals surface area contributed by atoms with E-state index in [2.05, 4.69) is 5.32 Å². The van der Waals surface area contributed by atoms with Crippen LogP contribution in [-0.4, -0.2) is 23.5 Å². The van der Waals surface area contributed by atoms with Gasteiger partial charge in [0.05, 0.1) is 12.3 Å². The van der Waals surface area contributed by atoms with Gasteiger partial charge in [-0.05, 0) is 24.1 Å². The lowest BCUT2D eigenvalue weighted by Gasteiger charge is -2.12. The maximum Gasteiger partial charge on any atom is 0.307 e. The molecule has 18 heavy (non-hydrogen) atoms. The van der Waals surface area contributed by atoms with E-state index in [1.807, 2.05) is 6.92 Å². The number of amides is 1. The summed E-state index contributed by atoms with van der Waals surface area (Å²) in [6.45, 7) is 2.23. The lowest BCUT2D eigenvalue weighted by molar-refractivity contribution is -0.136. The predicted octanol–water partition coefficient (Wildman–Crippen LogP) is 1.24. The van der Waals surface area contributed by atoms with Crippen LogP contribution in [0.4, 0.5) is 5.69 Å². The molecule has 1 amide bonds. The number of rotatable bonds is 6. The Balaban J connectivity index is 2.63. The Morgan fingerprint density at radius 1 is 1.33 bits per heavy atom. The Hall–Kier alpha value is -1.88. The van der Waals surface area contributed by atoms with Gasteiger partial charge >= 0.3 is 5.97 Å². The fourth-order valence-corrected chi connectivity index (χ4v) is 1.58. The lowest BCUT2D eigenvalue weighted by atomic mass is 10.1. The quantitative estimate of drug-likeness (QED) is 0.708. The Kier molecular flexibility index (Phi) is 5.32. The van der Waals surface area contributed by atoms with Crippen LogP contribution < -0.4 is 11.1 Å². The molecule has 1 atom stereocenters. The van der Waals surface area contributed by atoms with Gasteiger partial charge in [-0.1, -0.05) is 19.1 Å². The van der Waals surface area contributed by atoms with Crippen molar-refractivity contribution in [3.05, 3.63) is 29.8 Å². The Bertz CT molecular complexity index is 411. The van der Waals surface area contributed by atoms with E-state index in [4.69, 9.17) is 10.8 Å². The first-order chi connectivity index (χ1) is 8.56. The molecular weight excluding hydrogens is 232 g/mol. The molecule has 0 spiro atoms. The SMILES string of the molecule is CCC(CN)C(=O)Nc1ccc(CC(=O)O)cc1. The van der Waals surface area contributed by atoms with E-state index in [9.17, 15) is 9.59 Å². The van der Waals surface area contributed by atoms with Crippen molar-refractivity contribution in [1.29, 1.82) is 0 Å². The van der Waals surface area contributed by atoms with Crippen LogP contribution in [0.15, 0.2) is 24.3 Å². The van der Waals surface area contributed by atoms with Gasteiger partial charge < -0.3 is 16.2 Å². The van der Waals surface area contributed by atoms with Crippen LogP contribution in [0.2, 0.25) is 0 Å². The van der Waals surface area contributed by atoms with Gasteiger partial charge in [0.2, 0.25) is 5.91 Å². The van der Waals surface area contributed by atoms with Crippen molar-refractivity contribution in [2.45, 2.75) is 19.8 Å². The monoisotopic (exact) mass is 250 g/mol. The van der Waals surface area contributed by atoms with Crippen molar-refractivity contribution >= 4 is 17.6 Å². The van der Waals surface area contributed by atoms with E-state index in [1.165, 1.54) is 0 Å². The normalized spacial score (nSPS) is 11.9. The van der Waals surface area contributed by atoms with E-state index in [1.54, 1.807) is 24.3 Å². The average Bonchev–Trinajstić information content (AvgIpc) is 2.32. The van der Waals surface area contributed by atoms with Crippen LogP contribution in [0.3, 0.4) is 0 Å². The second-order valence-corrected chi connectivity index (χ2v) is 4.10. The molecule has 1 aromatic rings. The van der Waals surface area contributed by atoms with Gasteiger partial charge in [-0.25, -0.2) is 0 Å². The van der Waals surface area contributed by atoms with Crippen molar-refractivity contribution in [3.8, 4) is 0 Å². The highest BCUT2D eigenvalue weighted by molar-refractivity contribution is 5.92. The molecule has 0 bridgehead atoms. The summed E-state index contributed by atoms with van der Waals surface area (Å²) in [6, 6.07) is 6.76. The van der Waals surface area contributed by atoms with Gasteiger partial charge in [-0.15, -0.1) is 0 Å². The van der Waals surface area contributed by atoms with E-state index < -0.39 is 5.97 Å². The Morgan fingerprint density at radius 2 is 1.94 bits per heavy atom. The smallest absolute Gasteiger partial charge is 0.307 e. The molecule has 0 fully saturated rings. The van der Waals surface area contributed by atoms with Gasteiger partial charge in [-0.2, -0.15) is 0 Å². The number of anilines is 1. The molecule has 0 radical (unpaired) electrons. The molecule has 0 saturated heterocycles. The van der Waals surface area contributed by atoms with Crippen molar-refractivity contribution in [1.82, 2.24) is 0 Å². The van der Waals surface area contributed by atoms with Crippen molar-refractivity contribution in [2.24, 2.45) is 11.7 Å². The second kappa shape index (κ2) is 6.76. The number of nitrogens with two attached hydrogens (primary N) is 1. The zero-order valence-electron chi connectivity index (χ0n) is 10.3. The summed E-state index contributed by atoms with van der Waals surface area (Å²) in [5.74, 6) is -1.17. The van der Waals surface area contributed by atoms with Crippen molar-refractivity contribution in [3.63, 3.8) is 0 Å². The van der Waals surface area contributed by atoms with Crippen LogP contribution in [0.25, 0.3) is 0 Å². The zero-order valence-corrected chi connectivity index (χ0v) is 10.3. The highest BCUT2D eigenvalue weighted by Crippen LogP contribution is 2.12. The molecule has 0 saturated carbocycles. The van der Waals surface area contributed by atoms with E-state index in [0.29, 0.717) is 24.2 Å². The van der Waals surface area contributed by atoms with Gasteiger partial charge in [-0.3, -0.25) is 9.59 Å². The molecule has 98 valence electrons. The van der Waals surface area contributed by atoms with Crippen molar-refractivity contribution < 1.29 is 14.7 Å². The average molecular weight is 250 g/mol. The van der Waals surface area contributed by atoms with Gasteiger partial charge in [0, 0.05) is 12.2 Å². The maximum atomic E-state index is 11.8. The summed E-state index contributed by atoms with van der Waals surface area (Å²) in [5.41, 5.74) is 6.84. The lowest BCUT2D eigenvalue weighted by Crippen LogP contribution is -2.28. The fourth-order valence-electron chi connectivity index (χ4n) is 1.58. The molecule has 5 nitrogen and oxygen atoms in total. The topological polar surface area (TPSA) is 92.4 Å². The summed E-state index contributed by atoms with van der Waals surface area (Å²) >= 11 is 0. The van der Waals surface area contributed by atoms with Gasteiger partial charge in [0.25, 0.3) is 0 Å². The standard InChI is InChI=1S/C13H18N2O3/c1-2-10(8-14)13(18)15-11-5-3-9(4-6-11)7-12(16)17/h3-6,10H,2,7-8,14H2,1H3,(H,15,18)(H,16,17). The molecule has 0 heterocycles. The molecule has 4 N–H and O–H groups in total. The van der Waals surface area contributed by atoms with Gasteiger partial charge in [0.15, 0.2) is 0 Å². The molecule has 0 aliphatic heterocycles. The Morgan fingerprint density at radius 3 is 2.39 bits per heavy atom. The van der Waals surface area contributed by atoms with Crippen LogP contribution in [0.5, 0.6) is 0 Å². The third-order valence-corrected chi connectivity index (χ3v) is 2.72. The summed E-state index contributed by atoms with van der Waals surface area (Å²) in [7, 11) is 0. The summed E-state index contributed by atoms with van der Waals surface area (Å²) in [4.78, 5) is 22.3. The minimum absolute atomic E-state index is 0.0192. The first-order valence-corrected chi connectivity index (χ1v) is 5.88. The Labute approximate surface area is 106 Å². The molecule has 5 heteroatoms. The first-order valence-electron chi connectivity index (χ1n) is 5.88. The molecule has 1 unspecified atom stereocenters. The molecule has 1 rings (SSSR count). The number of hydrogen-bond acceptors (Lipinski definition) is 3. The number of carboxylic acids is 1. The van der Waals surface area contributed by atoms with E-state index in [0.717, 1.165) is 0 Å². The third-order valence-electron chi connectivity index (χ3n) is 2.72. The van der Waals surface area contributed by atoms with E-state index in [-0.39, 0.29) is 18.2 Å². The minimum Gasteiger partial charge on any atom is -0.481 e. The number of aliphatic carboxylic acids is 1. The number of carboxylic acid groups (broad SMARTS) is 1.